The fourth-order valence-corrected chi connectivity index (χ4v) is 3.28. The first-order chi connectivity index (χ1) is 10.5. The SMILES string of the molecule is CC1(C)[C@@H](C(=O)NCc2cncc(O)c2)[C@@H]1c1ccccc1. The number of nitrogens with one attached hydrogen (secondary N) is 1. The molecule has 0 radical (unpaired) electrons. The lowest BCUT2D eigenvalue weighted by molar-refractivity contribution is -0.123. The molecule has 4 nitrogen and oxygen atoms in total. The summed E-state index contributed by atoms with van der Waals surface area (Å²) in [6.07, 6.45) is 3.02. The van der Waals surface area contributed by atoms with Gasteiger partial charge in [0.15, 0.2) is 0 Å². The Morgan fingerprint density at radius 1 is 1.27 bits per heavy atom. The largest absolute Gasteiger partial charge is 0.506 e. The Kier molecular flexibility index (Phi) is 3.61. The Balaban J connectivity index is 1.66. The smallest absolute Gasteiger partial charge is 0.224 e. The molecule has 0 spiro atoms. The lowest BCUT2D eigenvalue weighted by atomic mass is 10.0. The summed E-state index contributed by atoms with van der Waals surface area (Å²) >= 11 is 0. The monoisotopic (exact) mass is 296 g/mol. The van der Waals surface area contributed by atoms with Crippen molar-refractivity contribution in [3.05, 3.63) is 59.9 Å². The Hall–Kier alpha value is -2.36. The Morgan fingerprint density at radius 3 is 2.68 bits per heavy atom. The molecule has 22 heavy (non-hydrogen) atoms. The number of carbonyl (C=O) groups is 1. The highest BCUT2D eigenvalue weighted by molar-refractivity contribution is 5.84. The molecule has 114 valence electrons. The van der Waals surface area contributed by atoms with E-state index in [0.717, 1.165) is 5.56 Å². The van der Waals surface area contributed by atoms with Crippen LogP contribution in [0.4, 0.5) is 0 Å². The predicted octanol–water partition coefficient (Wildman–Crippen LogP) is 2.84. The van der Waals surface area contributed by atoms with E-state index in [9.17, 15) is 9.90 Å². The molecule has 2 atom stereocenters. The van der Waals surface area contributed by atoms with Crippen LogP contribution in [0.15, 0.2) is 48.8 Å². The summed E-state index contributed by atoms with van der Waals surface area (Å²) in [5.41, 5.74) is 1.98. The summed E-state index contributed by atoms with van der Waals surface area (Å²) in [7, 11) is 0. The van der Waals surface area contributed by atoms with Crippen molar-refractivity contribution in [2.24, 2.45) is 11.3 Å². The minimum atomic E-state index is -0.0253. The summed E-state index contributed by atoms with van der Waals surface area (Å²) in [5, 5.41) is 12.4. The maximum atomic E-state index is 12.5. The number of pyridine rings is 1. The van der Waals surface area contributed by atoms with Crippen molar-refractivity contribution in [1.29, 1.82) is 0 Å². The number of benzene rings is 1. The van der Waals surface area contributed by atoms with Gasteiger partial charge in [-0.1, -0.05) is 44.2 Å². The number of aromatic hydroxyl groups is 1. The van der Waals surface area contributed by atoms with Crippen LogP contribution in [0.25, 0.3) is 0 Å². The predicted molar refractivity (Wildman–Crippen MR) is 84.2 cm³/mol. The molecule has 1 aliphatic carbocycles. The van der Waals surface area contributed by atoms with E-state index in [1.165, 1.54) is 11.8 Å². The summed E-state index contributed by atoms with van der Waals surface area (Å²) in [6.45, 7) is 4.64. The van der Waals surface area contributed by atoms with E-state index < -0.39 is 0 Å². The fourth-order valence-electron chi connectivity index (χ4n) is 3.28. The number of aromatic nitrogens is 1. The first kappa shape index (κ1) is 14.6. The van der Waals surface area contributed by atoms with Gasteiger partial charge in [-0.2, -0.15) is 0 Å². The van der Waals surface area contributed by atoms with Crippen LogP contribution in [0.1, 0.15) is 30.9 Å². The number of amides is 1. The molecule has 1 heterocycles. The van der Waals surface area contributed by atoms with Crippen molar-refractivity contribution in [1.82, 2.24) is 10.3 Å². The van der Waals surface area contributed by atoms with E-state index in [2.05, 4.69) is 36.3 Å². The van der Waals surface area contributed by atoms with E-state index in [4.69, 9.17) is 0 Å². The van der Waals surface area contributed by atoms with Crippen LogP contribution >= 0.6 is 0 Å². The van der Waals surface area contributed by atoms with Crippen LogP contribution in [0.5, 0.6) is 5.75 Å². The van der Waals surface area contributed by atoms with Crippen molar-refractivity contribution < 1.29 is 9.90 Å². The van der Waals surface area contributed by atoms with Gasteiger partial charge < -0.3 is 10.4 Å². The zero-order valence-corrected chi connectivity index (χ0v) is 12.8. The van der Waals surface area contributed by atoms with Crippen molar-refractivity contribution in [3.63, 3.8) is 0 Å². The Bertz CT molecular complexity index is 682. The minimum absolute atomic E-state index is 0.0137. The molecule has 1 aromatic heterocycles. The van der Waals surface area contributed by atoms with Gasteiger partial charge in [0.2, 0.25) is 5.91 Å². The molecule has 1 aliphatic rings. The number of hydrogen-bond acceptors (Lipinski definition) is 3. The molecule has 3 rings (SSSR count). The summed E-state index contributed by atoms with van der Waals surface area (Å²) in [4.78, 5) is 16.4. The highest BCUT2D eigenvalue weighted by atomic mass is 16.3. The maximum absolute atomic E-state index is 12.5. The average molecular weight is 296 g/mol. The fraction of sp³-hybridized carbons (Fsp3) is 0.333. The average Bonchev–Trinajstić information content (AvgIpc) is 3.08. The van der Waals surface area contributed by atoms with Gasteiger partial charge >= 0.3 is 0 Å². The summed E-state index contributed by atoms with van der Waals surface area (Å²) in [5.74, 6) is 0.416. The van der Waals surface area contributed by atoms with Gasteiger partial charge in [0.25, 0.3) is 0 Å². The van der Waals surface area contributed by atoms with E-state index in [1.54, 1.807) is 12.3 Å². The highest BCUT2D eigenvalue weighted by Crippen LogP contribution is 2.64. The highest BCUT2D eigenvalue weighted by Gasteiger charge is 2.61. The molecule has 0 aliphatic heterocycles. The molecule has 0 saturated heterocycles. The van der Waals surface area contributed by atoms with Crippen LogP contribution in [-0.2, 0) is 11.3 Å². The number of carbonyl (C=O) groups excluding carboxylic acids is 1. The lowest BCUT2D eigenvalue weighted by Crippen LogP contribution is -2.26. The van der Waals surface area contributed by atoms with Crippen molar-refractivity contribution in [3.8, 4) is 5.75 Å². The van der Waals surface area contributed by atoms with E-state index in [-0.39, 0.29) is 28.9 Å². The van der Waals surface area contributed by atoms with Crippen LogP contribution in [0.2, 0.25) is 0 Å². The molecule has 0 bridgehead atoms. The number of hydrogen-bond donors (Lipinski definition) is 2. The third kappa shape index (κ3) is 2.69. The normalized spacial score (nSPS) is 22.1. The third-order valence-corrected chi connectivity index (χ3v) is 4.52. The van der Waals surface area contributed by atoms with Gasteiger partial charge in [-0.3, -0.25) is 9.78 Å². The second-order valence-corrected chi connectivity index (χ2v) is 6.46. The Labute approximate surface area is 130 Å². The molecule has 1 aromatic carbocycles. The molecular formula is C18H20N2O2. The standard InChI is InChI=1S/C18H20N2O2/c1-18(2)15(13-6-4-3-5-7-13)16(18)17(22)20-10-12-8-14(21)11-19-9-12/h3-9,11,15-16,21H,10H2,1-2H3,(H,20,22)/t15-,16+/m0/s1. The van der Waals surface area contributed by atoms with Crippen LogP contribution in [-0.4, -0.2) is 16.0 Å². The molecule has 1 amide bonds. The molecule has 1 saturated carbocycles. The van der Waals surface area contributed by atoms with E-state index in [0.29, 0.717) is 6.54 Å². The van der Waals surface area contributed by atoms with E-state index in [1.807, 2.05) is 18.2 Å². The zero-order chi connectivity index (χ0) is 15.7. The van der Waals surface area contributed by atoms with Crippen LogP contribution in [0, 0.1) is 11.3 Å². The van der Waals surface area contributed by atoms with Crippen molar-refractivity contribution >= 4 is 5.91 Å². The Morgan fingerprint density at radius 2 is 2.00 bits per heavy atom. The van der Waals surface area contributed by atoms with Gasteiger partial charge in [-0.15, -0.1) is 0 Å². The lowest BCUT2D eigenvalue weighted by Gasteiger charge is -2.06. The van der Waals surface area contributed by atoms with E-state index >= 15 is 0 Å². The van der Waals surface area contributed by atoms with Gasteiger partial charge in [0.1, 0.15) is 5.75 Å². The molecule has 2 aromatic rings. The molecule has 4 heteroatoms. The molecular weight excluding hydrogens is 276 g/mol. The molecule has 1 fully saturated rings. The van der Waals surface area contributed by atoms with Gasteiger partial charge in [0, 0.05) is 18.7 Å². The second kappa shape index (κ2) is 5.44. The minimum Gasteiger partial charge on any atom is -0.506 e. The number of rotatable bonds is 4. The quantitative estimate of drug-likeness (QED) is 0.912. The summed E-state index contributed by atoms with van der Waals surface area (Å²) < 4.78 is 0. The summed E-state index contributed by atoms with van der Waals surface area (Å²) in [6, 6.07) is 11.8. The van der Waals surface area contributed by atoms with Crippen molar-refractivity contribution in [2.75, 3.05) is 0 Å². The van der Waals surface area contributed by atoms with Crippen LogP contribution < -0.4 is 5.32 Å². The third-order valence-electron chi connectivity index (χ3n) is 4.52. The van der Waals surface area contributed by atoms with Gasteiger partial charge in [0.05, 0.1) is 12.1 Å². The maximum Gasteiger partial charge on any atom is 0.224 e. The van der Waals surface area contributed by atoms with Crippen LogP contribution in [0.3, 0.4) is 0 Å². The molecule has 2 N–H and O–H groups in total. The zero-order valence-electron chi connectivity index (χ0n) is 12.8. The topological polar surface area (TPSA) is 62.2 Å². The molecule has 0 unspecified atom stereocenters. The van der Waals surface area contributed by atoms with Gasteiger partial charge in [-0.25, -0.2) is 0 Å². The first-order valence-electron chi connectivity index (χ1n) is 7.45. The first-order valence-corrected chi connectivity index (χ1v) is 7.45. The number of nitrogens with zero attached hydrogens (tertiary/aromatic N) is 1. The van der Waals surface area contributed by atoms with Gasteiger partial charge in [-0.05, 0) is 22.6 Å². The van der Waals surface area contributed by atoms with Crippen molar-refractivity contribution in [2.45, 2.75) is 26.3 Å². The second-order valence-electron chi connectivity index (χ2n) is 6.46.